The topological polar surface area (TPSA) is 29.5 Å². The number of carbonyl (C=O) groups excluding carboxylic acids is 1. The second-order valence-corrected chi connectivity index (χ2v) is 4.75. The third kappa shape index (κ3) is 3.82. The molecule has 1 unspecified atom stereocenters. The highest BCUT2D eigenvalue weighted by atomic mass is 16.5. The van der Waals surface area contributed by atoms with Crippen LogP contribution in [0.2, 0.25) is 0 Å². The van der Waals surface area contributed by atoms with Crippen molar-refractivity contribution in [3.8, 4) is 0 Å². The molecule has 15 heavy (non-hydrogen) atoms. The van der Waals surface area contributed by atoms with E-state index in [2.05, 4.69) is 18.7 Å². The number of nitrogens with zero attached hydrogens (tertiary/aromatic N) is 1. The molecule has 1 fully saturated rings. The number of carbonyl (C=O) groups is 1. The zero-order valence-corrected chi connectivity index (χ0v) is 10.2. The van der Waals surface area contributed by atoms with Crippen LogP contribution >= 0.6 is 0 Å². The van der Waals surface area contributed by atoms with Crippen molar-refractivity contribution in [3.05, 3.63) is 0 Å². The lowest BCUT2D eigenvalue weighted by Crippen LogP contribution is -2.37. The van der Waals surface area contributed by atoms with Crippen molar-refractivity contribution in [1.29, 1.82) is 0 Å². The minimum atomic E-state index is -0.0583. The first-order valence-electron chi connectivity index (χ1n) is 5.97. The standard InChI is InChI=1S/C12H23NO2/c1-10(2)6-4-8-13-9-5-7-11(13)12(14)15-3/h10-11H,4-9H2,1-3H3. The largest absolute Gasteiger partial charge is 0.468 e. The lowest BCUT2D eigenvalue weighted by Gasteiger charge is -2.22. The quantitative estimate of drug-likeness (QED) is 0.655. The molecule has 0 aliphatic carbocycles. The van der Waals surface area contributed by atoms with E-state index in [1.807, 2.05) is 0 Å². The number of likely N-dealkylation sites (tertiary alicyclic amines) is 1. The third-order valence-electron chi connectivity index (χ3n) is 3.06. The molecular formula is C12H23NO2. The molecule has 3 heteroatoms. The van der Waals surface area contributed by atoms with Crippen molar-refractivity contribution in [3.63, 3.8) is 0 Å². The predicted octanol–water partition coefficient (Wildman–Crippen LogP) is 2.06. The molecule has 0 saturated carbocycles. The molecule has 3 nitrogen and oxygen atoms in total. The van der Waals surface area contributed by atoms with Gasteiger partial charge in [0.25, 0.3) is 0 Å². The van der Waals surface area contributed by atoms with Gasteiger partial charge in [0.2, 0.25) is 0 Å². The number of rotatable bonds is 5. The number of esters is 1. The number of methoxy groups -OCH3 is 1. The lowest BCUT2D eigenvalue weighted by atomic mass is 10.1. The SMILES string of the molecule is COC(=O)C1CCCN1CCCC(C)C. The molecule has 0 radical (unpaired) electrons. The number of hydrogen-bond donors (Lipinski definition) is 0. The molecule has 0 aromatic rings. The maximum atomic E-state index is 11.5. The van der Waals surface area contributed by atoms with Crippen LogP contribution in [0.1, 0.15) is 39.5 Å². The minimum absolute atomic E-state index is 0.0298. The van der Waals surface area contributed by atoms with Crippen LogP contribution < -0.4 is 0 Å². The van der Waals surface area contributed by atoms with Crippen LogP contribution in [0.3, 0.4) is 0 Å². The summed E-state index contributed by atoms with van der Waals surface area (Å²) in [7, 11) is 1.48. The average Bonchev–Trinajstić information content (AvgIpc) is 2.64. The summed E-state index contributed by atoms with van der Waals surface area (Å²) >= 11 is 0. The molecule has 1 heterocycles. The molecule has 0 spiro atoms. The highest BCUT2D eigenvalue weighted by Gasteiger charge is 2.30. The molecule has 0 bridgehead atoms. The Kier molecular flexibility index (Phi) is 5.09. The van der Waals surface area contributed by atoms with Gasteiger partial charge < -0.3 is 4.74 Å². The fourth-order valence-corrected chi connectivity index (χ4v) is 2.20. The number of ether oxygens (including phenoxy) is 1. The molecule has 1 atom stereocenters. The van der Waals surface area contributed by atoms with Gasteiger partial charge in [-0.3, -0.25) is 9.69 Å². The van der Waals surface area contributed by atoms with Crippen LogP contribution in [0.4, 0.5) is 0 Å². The highest BCUT2D eigenvalue weighted by Crippen LogP contribution is 2.19. The summed E-state index contributed by atoms with van der Waals surface area (Å²) in [6, 6.07) is 0.0298. The summed E-state index contributed by atoms with van der Waals surface area (Å²) in [4.78, 5) is 13.7. The monoisotopic (exact) mass is 213 g/mol. The summed E-state index contributed by atoms with van der Waals surface area (Å²) in [6.45, 7) is 6.57. The second-order valence-electron chi connectivity index (χ2n) is 4.75. The maximum Gasteiger partial charge on any atom is 0.323 e. The van der Waals surface area contributed by atoms with Crippen molar-refractivity contribution in [1.82, 2.24) is 4.90 Å². The molecule has 1 aliphatic rings. The predicted molar refractivity (Wildman–Crippen MR) is 60.7 cm³/mol. The van der Waals surface area contributed by atoms with E-state index in [-0.39, 0.29) is 12.0 Å². The minimum Gasteiger partial charge on any atom is -0.468 e. The molecule has 1 rings (SSSR count). The first-order valence-corrected chi connectivity index (χ1v) is 5.97. The van der Waals surface area contributed by atoms with Crippen LogP contribution in [0.15, 0.2) is 0 Å². The third-order valence-corrected chi connectivity index (χ3v) is 3.06. The normalized spacial score (nSPS) is 22.3. The average molecular weight is 213 g/mol. The van der Waals surface area contributed by atoms with E-state index in [9.17, 15) is 4.79 Å². The molecular weight excluding hydrogens is 190 g/mol. The maximum absolute atomic E-state index is 11.5. The Balaban J connectivity index is 2.30. The number of hydrogen-bond acceptors (Lipinski definition) is 3. The summed E-state index contributed by atoms with van der Waals surface area (Å²) in [5, 5.41) is 0. The van der Waals surface area contributed by atoms with Crippen LogP contribution in [0.5, 0.6) is 0 Å². The summed E-state index contributed by atoms with van der Waals surface area (Å²) < 4.78 is 4.81. The first kappa shape index (κ1) is 12.5. The Morgan fingerprint density at radius 2 is 2.27 bits per heavy atom. The van der Waals surface area contributed by atoms with E-state index < -0.39 is 0 Å². The van der Waals surface area contributed by atoms with Gasteiger partial charge >= 0.3 is 5.97 Å². The lowest BCUT2D eigenvalue weighted by molar-refractivity contribution is -0.145. The van der Waals surface area contributed by atoms with Gasteiger partial charge in [-0.05, 0) is 44.7 Å². The zero-order chi connectivity index (χ0) is 11.3. The Morgan fingerprint density at radius 3 is 2.87 bits per heavy atom. The van der Waals surface area contributed by atoms with Gasteiger partial charge in [0, 0.05) is 0 Å². The van der Waals surface area contributed by atoms with Crippen molar-refractivity contribution >= 4 is 5.97 Å². The van der Waals surface area contributed by atoms with Crippen LogP contribution in [-0.2, 0) is 9.53 Å². The molecule has 0 aromatic heterocycles. The highest BCUT2D eigenvalue weighted by molar-refractivity contribution is 5.75. The van der Waals surface area contributed by atoms with Crippen LogP contribution in [0, 0.1) is 5.92 Å². The van der Waals surface area contributed by atoms with Crippen molar-refractivity contribution in [2.75, 3.05) is 20.2 Å². The van der Waals surface area contributed by atoms with E-state index in [0.717, 1.165) is 31.8 Å². The van der Waals surface area contributed by atoms with Crippen molar-refractivity contribution < 1.29 is 9.53 Å². The second kappa shape index (κ2) is 6.11. The van der Waals surface area contributed by atoms with E-state index in [1.54, 1.807) is 0 Å². The van der Waals surface area contributed by atoms with Crippen molar-refractivity contribution in [2.45, 2.75) is 45.6 Å². The van der Waals surface area contributed by atoms with Crippen molar-refractivity contribution in [2.24, 2.45) is 5.92 Å². The summed E-state index contributed by atoms with van der Waals surface area (Å²) in [5.74, 6) is 0.696. The van der Waals surface area contributed by atoms with Gasteiger partial charge in [-0.1, -0.05) is 13.8 Å². The molecule has 0 amide bonds. The summed E-state index contributed by atoms with van der Waals surface area (Å²) in [5.41, 5.74) is 0. The van der Waals surface area contributed by atoms with E-state index in [4.69, 9.17) is 4.74 Å². The van der Waals surface area contributed by atoms with Gasteiger partial charge in [-0.2, -0.15) is 0 Å². The molecule has 1 aliphatic heterocycles. The Labute approximate surface area is 92.8 Å². The fraction of sp³-hybridized carbons (Fsp3) is 0.917. The molecule has 88 valence electrons. The van der Waals surface area contributed by atoms with Gasteiger partial charge in [-0.25, -0.2) is 0 Å². The van der Waals surface area contributed by atoms with Gasteiger partial charge in [0.15, 0.2) is 0 Å². The van der Waals surface area contributed by atoms with Crippen LogP contribution in [0.25, 0.3) is 0 Å². The Hall–Kier alpha value is -0.570. The Morgan fingerprint density at radius 1 is 1.53 bits per heavy atom. The van der Waals surface area contributed by atoms with E-state index in [1.165, 1.54) is 20.0 Å². The summed E-state index contributed by atoms with van der Waals surface area (Å²) in [6.07, 6.45) is 4.52. The molecule has 1 saturated heterocycles. The molecule has 0 aromatic carbocycles. The zero-order valence-electron chi connectivity index (χ0n) is 10.2. The fourth-order valence-electron chi connectivity index (χ4n) is 2.20. The van der Waals surface area contributed by atoms with Crippen LogP contribution in [-0.4, -0.2) is 37.1 Å². The van der Waals surface area contributed by atoms with Gasteiger partial charge in [-0.15, -0.1) is 0 Å². The van der Waals surface area contributed by atoms with E-state index in [0.29, 0.717) is 0 Å². The van der Waals surface area contributed by atoms with Gasteiger partial charge in [0.05, 0.1) is 7.11 Å². The van der Waals surface area contributed by atoms with E-state index >= 15 is 0 Å². The Bertz CT molecular complexity index is 204. The molecule has 0 N–H and O–H groups in total. The van der Waals surface area contributed by atoms with Gasteiger partial charge in [0.1, 0.15) is 6.04 Å². The smallest absolute Gasteiger partial charge is 0.323 e. The first-order chi connectivity index (χ1) is 7.15.